The molecule has 0 aliphatic carbocycles. The quantitative estimate of drug-likeness (QED) is 0.362. The molecule has 0 rings (SSSR count). The molecule has 0 radical (unpaired) electrons. The van der Waals surface area contributed by atoms with Crippen LogP contribution < -0.4 is 0 Å². The summed E-state index contributed by atoms with van der Waals surface area (Å²) in [6.45, 7) is 6.98. The van der Waals surface area contributed by atoms with Crippen molar-refractivity contribution in [2.45, 2.75) is 90.3 Å². The van der Waals surface area contributed by atoms with Crippen molar-refractivity contribution in [1.29, 1.82) is 0 Å². The molecule has 0 N–H and O–H groups in total. The molecule has 4 nitrogen and oxygen atoms in total. The van der Waals surface area contributed by atoms with Crippen LogP contribution >= 0.6 is 0 Å². The molecule has 0 aromatic carbocycles. The summed E-state index contributed by atoms with van der Waals surface area (Å²) < 4.78 is 83.5. The van der Waals surface area contributed by atoms with Gasteiger partial charge in [-0.05, 0) is 32.1 Å². The maximum absolute atomic E-state index is 12.4. The summed E-state index contributed by atoms with van der Waals surface area (Å²) in [5.41, 5.74) is -0.922. The second kappa shape index (κ2) is 10.2. The van der Waals surface area contributed by atoms with Crippen LogP contribution in [0.1, 0.15) is 66.2 Å². The van der Waals surface area contributed by atoms with Gasteiger partial charge in [-0.15, -0.1) is 0 Å². The molecule has 10 heteroatoms. The highest BCUT2D eigenvalue weighted by atomic mass is 19.4. The molecule has 27 heavy (non-hydrogen) atoms. The molecule has 0 saturated heterocycles. The minimum atomic E-state index is -5.74. The average molecular weight is 408 g/mol. The highest BCUT2D eigenvalue weighted by Gasteiger charge is 2.59. The van der Waals surface area contributed by atoms with Gasteiger partial charge in [0, 0.05) is 6.42 Å². The number of rotatable bonds is 10. The molecule has 0 spiro atoms. The van der Waals surface area contributed by atoms with E-state index in [0.29, 0.717) is 19.3 Å². The maximum atomic E-state index is 12.4. The Kier molecular flexibility index (Phi) is 9.61. The number of ether oxygens (including phenoxy) is 2. The molecule has 1 atom stereocenters. The van der Waals surface area contributed by atoms with Gasteiger partial charge < -0.3 is 9.47 Å². The first-order valence-electron chi connectivity index (χ1n) is 8.78. The van der Waals surface area contributed by atoms with Crippen LogP contribution in [0.3, 0.4) is 0 Å². The van der Waals surface area contributed by atoms with Crippen LogP contribution in [0, 0.1) is 5.92 Å². The first kappa shape index (κ1) is 25.5. The Morgan fingerprint density at radius 2 is 1.41 bits per heavy atom. The minimum absolute atomic E-state index is 0.0727. The predicted octanol–water partition coefficient (Wildman–Crippen LogP) is 5.34. The third-order valence-corrected chi connectivity index (χ3v) is 4.48. The summed E-state index contributed by atoms with van der Waals surface area (Å²) in [6, 6.07) is 0. The zero-order valence-electron chi connectivity index (χ0n) is 15.8. The third-order valence-electron chi connectivity index (χ3n) is 4.48. The van der Waals surface area contributed by atoms with Crippen molar-refractivity contribution < 1.29 is 45.4 Å². The SMILES string of the molecule is CCC(C)C(=O)OC(CC)(CC)CCCC(=O)OC(C(F)(F)F)C(F)(F)F. The molecule has 0 amide bonds. The largest absolute Gasteiger partial charge is 0.459 e. The van der Waals surface area contributed by atoms with Crippen molar-refractivity contribution in [2.75, 3.05) is 0 Å². The normalized spacial score (nSPS) is 14.2. The second-order valence-electron chi connectivity index (χ2n) is 6.43. The number of halogens is 6. The number of alkyl halides is 6. The van der Waals surface area contributed by atoms with E-state index in [-0.39, 0.29) is 18.8 Å². The lowest BCUT2D eigenvalue weighted by atomic mass is 9.90. The van der Waals surface area contributed by atoms with Crippen LogP contribution in [0.25, 0.3) is 0 Å². The Balaban J connectivity index is 4.84. The van der Waals surface area contributed by atoms with Gasteiger partial charge >= 0.3 is 24.3 Å². The first-order chi connectivity index (χ1) is 12.2. The fourth-order valence-electron chi connectivity index (χ4n) is 2.34. The molecular formula is C17H26F6O4. The Morgan fingerprint density at radius 3 is 1.78 bits per heavy atom. The summed E-state index contributed by atoms with van der Waals surface area (Å²) in [5, 5.41) is 0. The van der Waals surface area contributed by atoms with Crippen molar-refractivity contribution in [3.8, 4) is 0 Å². The lowest BCUT2D eigenvalue weighted by Gasteiger charge is -2.32. The van der Waals surface area contributed by atoms with E-state index in [1.165, 1.54) is 0 Å². The van der Waals surface area contributed by atoms with E-state index in [0.717, 1.165) is 0 Å². The summed E-state index contributed by atoms with van der Waals surface area (Å²) in [6.07, 6.45) is -14.9. The van der Waals surface area contributed by atoms with Gasteiger partial charge in [0.15, 0.2) is 0 Å². The van der Waals surface area contributed by atoms with E-state index in [1.807, 2.05) is 0 Å². The highest BCUT2D eigenvalue weighted by Crippen LogP contribution is 2.36. The van der Waals surface area contributed by atoms with E-state index in [2.05, 4.69) is 4.74 Å². The molecule has 0 saturated carbocycles. The maximum Gasteiger partial charge on any atom is 0.434 e. The zero-order chi connectivity index (χ0) is 21.5. The molecule has 0 aromatic heterocycles. The van der Waals surface area contributed by atoms with E-state index in [4.69, 9.17) is 4.74 Å². The molecule has 0 fully saturated rings. The van der Waals surface area contributed by atoms with Gasteiger partial charge in [-0.25, -0.2) is 0 Å². The van der Waals surface area contributed by atoms with E-state index in [9.17, 15) is 35.9 Å². The topological polar surface area (TPSA) is 52.6 Å². The first-order valence-corrected chi connectivity index (χ1v) is 8.78. The predicted molar refractivity (Wildman–Crippen MR) is 84.7 cm³/mol. The number of carbonyl (C=O) groups excluding carboxylic acids is 2. The lowest BCUT2D eigenvalue weighted by Crippen LogP contribution is -2.45. The van der Waals surface area contributed by atoms with Crippen molar-refractivity contribution in [3.63, 3.8) is 0 Å². The summed E-state index contributed by atoms with van der Waals surface area (Å²) >= 11 is 0. The molecule has 0 bridgehead atoms. The van der Waals surface area contributed by atoms with Crippen molar-refractivity contribution in [3.05, 3.63) is 0 Å². The number of esters is 2. The summed E-state index contributed by atoms with van der Waals surface area (Å²) in [4.78, 5) is 23.5. The Labute approximate surface area is 154 Å². The van der Waals surface area contributed by atoms with Crippen LogP contribution in [0.15, 0.2) is 0 Å². The molecule has 0 aromatic rings. The van der Waals surface area contributed by atoms with Crippen molar-refractivity contribution in [1.82, 2.24) is 0 Å². The van der Waals surface area contributed by atoms with Crippen LogP contribution in [0.5, 0.6) is 0 Å². The number of hydrogen-bond donors (Lipinski definition) is 0. The van der Waals surface area contributed by atoms with E-state index in [1.54, 1.807) is 27.7 Å². The summed E-state index contributed by atoms with van der Waals surface area (Å²) in [7, 11) is 0. The van der Waals surface area contributed by atoms with Crippen LogP contribution in [-0.4, -0.2) is 36.0 Å². The smallest absolute Gasteiger partial charge is 0.434 e. The molecule has 0 heterocycles. The van der Waals surface area contributed by atoms with Crippen LogP contribution in [0.2, 0.25) is 0 Å². The third kappa shape index (κ3) is 8.38. The molecule has 0 aliphatic rings. The van der Waals surface area contributed by atoms with Gasteiger partial charge in [0.2, 0.25) is 0 Å². The van der Waals surface area contributed by atoms with Gasteiger partial charge in [0.25, 0.3) is 6.10 Å². The Bertz CT molecular complexity index is 469. The van der Waals surface area contributed by atoms with E-state index >= 15 is 0 Å². The zero-order valence-corrected chi connectivity index (χ0v) is 15.8. The van der Waals surface area contributed by atoms with Gasteiger partial charge in [-0.3, -0.25) is 9.59 Å². The van der Waals surface area contributed by atoms with E-state index < -0.39 is 42.4 Å². The molecular weight excluding hydrogens is 382 g/mol. The number of carbonyl (C=O) groups is 2. The van der Waals surface area contributed by atoms with Gasteiger partial charge in [0.05, 0.1) is 5.92 Å². The molecule has 1 unspecified atom stereocenters. The van der Waals surface area contributed by atoms with Gasteiger partial charge in [0.1, 0.15) is 5.60 Å². The second-order valence-corrected chi connectivity index (χ2v) is 6.43. The molecule has 0 aliphatic heterocycles. The lowest BCUT2D eigenvalue weighted by molar-refractivity contribution is -0.313. The minimum Gasteiger partial charge on any atom is -0.459 e. The van der Waals surface area contributed by atoms with Crippen LogP contribution in [0.4, 0.5) is 26.3 Å². The monoisotopic (exact) mass is 408 g/mol. The van der Waals surface area contributed by atoms with Crippen molar-refractivity contribution >= 4 is 11.9 Å². The number of hydrogen-bond acceptors (Lipinski definition) is 4. The summed E-state index contributed by atoms with van der Waals surface area (Å²) in [5.74, 6) is -2.38. The standard InChI is InChI=1S/C17H26F6O4/c1-5-11(4)13(25)27-15(6-2,7-3)10-8-9-12(24)26-14(16(18,19)20)17(21,22)23/h11,14H,5-10H2,1-4H3. The molecule has 160 valence electrons. The van der Waals surface area contributed by atoms with Gasteiger partial charge in [-0.2, -0.15) is 26.3 Å². The van der Waals surface area contributed by atoms with Crippen molar-refractivity contribution in [2.24, 2.45) is 5.92 Å². The average Bonchev–Trinajstić information content (AvgIpc) is 2.55. The fraction of sp³-hybridized carbons (Fsp3) is 0.882. The fourth-order valence-corrected chi connectivity index (χ4v) is 2.34. The Hall–Kier alpha value is -1.48. The van der Waals surface area contributed by atoms with Gasteiger partial charge in [-0.1, -0.05) is 27.7 Å². The van der Waals surface area contributed by atoms with Crippen LogP contribution in [-0.2, 0) is 19.1 Å². The highest BCUT2D eigenvalue weighted by molar-refractivity contribution is 5.72. The Morgan fingerprint density at radius 1 is 0.926 bits per heavy atom.